The van der Waals surface area contributed by atoms with Crippen LogP contribution in [0.1, 0.15) is 15.9 Å². The number of carbonyl (C=O) groups is 1. The lowest BCUT2D eigenvalue weighted by molar-refractivity contribution is -0.137. The molecule has 0 unspecified atom stereocenters. The zero-order chi connectivity index (χ0) is 12.5. The van der Waals surface area contributed by atoms with E-state index < -0.39 is 11.7 Å². The summed E-state index contributed by atoms with van der Waals surface area (Å²) >= 11 is 0. The van der Waals surface area contributed by atoms with Crippen LogP contribution in [0.3, 0.4) is 0 Å². The molecule has 88 valence electrons. The highest BCUT2D eigenvalue weighted by Crippen LogP contribution is 2.37. The largest absolute Gasteiger partial charge is 0.417 e. The van der Waals surface area contributed by atoms with Crippen molar-refractivity contribution in [1.29, 1.82) is 0 Å². The fraction of sp³-hybridized carbons (Fsp3) is 0.0909. The molecule has 0 aliphatic carbocycles. The van der Waals surface area contributed by atoms with Crippen LogP contribution in [0.2, 0.25) is 0 Å². The Kier molecular flexibility index (Phi) is 2.71. The molecule has 0 aliphatic heterocycles. The number of rotatable bonds is 2. The summed E-state index contributed by atoms with van der Waals surface area (Å²) < 4.78 is 42.9. The molecular weight excluding hydrogens is 235 g/mol. The summed E-state index contributed by atoms with van der Waals surface area (Å²) in [5, 5.41) is 3.32. The van der Waals surface area contributed by atoms with Gasteiger partial charge in [-0.25, -0.2) is 0 Å². The zero-order valence-corrected chi connectivity index (χ0v) is 8.36. The molecule has 0 atom stereocenters. The van der Waals surface area contributed by atoms with Gasteiger partial charge in [-0.3, -0.25) is 4.79 Å². The van der Waals surface area contributed by atoms with E-state index in [1.54, 1.807) is 0 Å². The van der Waals surface area contributed by atoms with Crippen molar-refractivity contribution in [3.05, 3.63) is 41.6 Å². The fourth-order valence-electron chi connectivity index (χ4n) is 1.46. The fourth-order valence-corrected chi connectivity index (χ4v) is 1.46. The minimum Gasteiger partial charge on any atom is -0.356 e. The predicted molar refractivity (Wildman–Crippen MR) is 52.3 cm³/mol. The monoisotopic (exact) mass is 241 g/mol. The van der Waals surface area contributed by atoms with Crippen LogP contribution in [-0.4, -0.2) is 11.4 Å². The van der Waals surface area contributed by atoms with Crippen molar-refractivity contribution in [2.75, 3.05) is 0 Å². The molecule has 0 saturated heterocycles. The first-order chi connectivity index (χ1) is 8.04. The SMILES string of the molecule is O=Cc1cnoc1-c1ccccc1C(F)(F)F. The van der Waals surface area contributed by atoms with Crippen molar-refractivity contribution in [2.24, 2.45) is 0 Å². The Morgan fingerprint density at radius 2 is 1.94 bits per heavy atom. The van der Waals surface area contributed by atoms with Crippen LogP contribution in [0.4, 0.5) is 13.2 Å². The molecule has 2 rings (SSSR count). The lowest BCUT2D eigenvalue weighted by atomic mass is 10.0. The van der Waals surface area contributed by atoms with Crippen LogP contribution in [0.15, 0.2) is 35.0 Å². The van der Waals surface area contributed by atoms with Gasteiger partial charge in [0, 0.05) is 5.56 Å². The minimum atomic E-state index is -4.51. The average Bonchev–Trinajstić information content (AvgIpc) is 2.75. The number of alkyl halides is 3. The number of aromatic nitrogens is 1. The predicted octanol–water partition coefficient (Wildman–Crippen LogP) is 3.17. The van der Waals surface area contributed by atoms with Crippen LogP contribution in [0.5, 0.6) is 0 Å². The van der Waals surface area contributed by atoms with Crippen LogP contribution < -0.4 is 0 Å². The van der Waals surface area contributed by atoms with E-state index in [2.05, 4.69) is 5.16 Å². The van der Waals surface area contributed by atoms with E-state index in [0.717, 1.165) is 12.3 Å². The molecule has 0 spiro atoms. The topological polar surface area (TPSA) is 43.1 Å². The maximum absolute atomic E-state index is 12.7. The van der Waals surface area contributed by atoms with Crippen molar-refractivity contribution >= 4 is 6.29 Å². The van der Waals surface area contributed by atoms with Gasteiger partial charge >= 0.3 is 6.18 Å². The van der Waals surface area contributed by atoms with Gasteiger partial charge in [0.05, 0.1) is 17.3 Å². The zero-order valence-electron chi connectivity index (χ0n) is 8.36. The Balaban J connectivity index is 2.64. The van der Waals surface area contributed by atoms with Crippen LogP contribution in [0, 0.1) is 0 Å². The smallest absolute Gasteiger partial charge is 0.356 e. The second-order valence-electron chi connectivity index (χ2n) is 3.27. The number of hydrogen-bond donors (Lipinski definition) is 0. The quantitative estimate of drug-likeness (QED) is 0.758. The number of hydrogen-bond acceptors (Lipinski definition) is 3. The molecule has 0 fully saturated rings. The van der Waals surface area contributed by atoms with Gasteiger partial charge in [-0.2, -0.15) is 13.2 Å². The minimum absolute atomic E-state index is 0.0123. The Morgan fingerprint density at radius 1 is 1.24 bits per heavy atom. The summed E-state index contributed by atoms with van der Waals surface area (Å²) in [5.41, 5.74) is -1.07. The van der Waals surface area contributed by atoms with Crippen molar-refractivity contribution in [2.45, 2.75) is 6.18 Å². The Bertz CT molecular complexity index is 546. The van der Waals surface area contributed by atoms with Gasteiger partial charge < -0.3 is 4.52 Å². The van der Waals surface area contributed by atoms with Crippen LogP contribution >= 0.6 is 0 Å². The third-order valence-electron chi connectivity index (χ3n) is 2.20. The van der Waals surface area contributed by atoms with Gasteiger partial charge in [-0.15, -0.1) is 0 Å². The second kappa shape index (κ2) is 4.04. The Morgan fingerprint density at radius 3 is 2.59 bits per heavy atom. The Labute approximate surface area is 93.8 Å². The van der Waals surface area contributed by atoms with Gasteiger partial charge in [0.15, 0.2) is 12.0 Å². The van der Waals surface area contributed by atoms with Gasteiger partial charge in [-0.05, 0) is 6.07 Å². The number of nitrogens with zero attached hydrogens (tertiary/aromatic N) is 1. The molecule has 6 heteroatoms. The van der Waals surface area contributed by atoms with Gasteiger partial charge in [0.1, 0.15) is 0 Å². The normalized spacial score (nSPS) is 11.5. The summed E-state index contributed by atoms with van der Waals surface area (Å²) in [6, 6.07) is 4.85. The van der Waals surface area contributed by atoms with E-state index >= 15 is 0 Å². The first kappa shape index (κ1) is 11.4. The second-order valence-corrected chi connectivity index (χ2v) is 3.27. The molecule has 0 aliphatic rings. The first-order valence-electron chi connectivity index (χ1n) is 4.60. The lowest BCUT2D eigenvalue weighted by Gasteiger charge is -2.10. The molecule has 0 amide bonds. The highest BCUT2D eigenvalue weighted by molar-refractivity contribution is 5.85. The molecule has 0 saturated carbocycles. The standard InChI is InChI=1S/C11H6F3NO2/c12-11(13,14)9-4-2-1-3-8(9)10-7(6-16)5-15-17-10/h1-6H. The van der Waals surface area contributed by atoms with E-state index in [-0.39, 0.29) is 16.9 Å². The molecular formula is C11H6F3NO2. The number of carbonyl (C=O) groups excluding carboxylic acids is 1. The van der Waals surface area contributed by atoms with E-state index in [1.165, 1.54) is 18.2 Å². The number of halogens is 3. The molecule has 17 heavy (non-hydrogen) atoms. The molecule has 3 nitrogen and oxygen atoms in total. The summed E-state index contributed by atoms with van der Waals surface area (Å²) in [4.78, 5) is 10.6. The molecule has 0 bridgehead atoms. The molecule has 1 aromatic carbocycles. The van der Waals surface area contributed by atoms with Gasteiger partial charge in [-0.1, -0.05) is 23.4 Å². The van der Waals surface area contributed by atoms with E-state index in [0.29, 0.717) is 6.29 Å². The van der Waals surface area contributed by atoms with Crippen molar-refractivity contribution in [3.8, 4) is 11.3 Å². The third kappa shape index (κ3) is 2.06. The van der Waals surface area contributed by atoms with E-state index in [1.807, 2.05) is 0 Å². The van der Waals surface area contributed by atoms with Crippen LogP contribution in [-0.2, 0) is 6.18 Å². The molecule has 0 radical (unpaired) electrons. The van der Waals surface area contributed by atoms with E-state index in [4.69, 9.17) is 4.52 Å². The van der Waals surface area contributed by atoms with Gasteiger partial charge in [0.25, 0.3) is 0 Å². The highest BCUT2D eigenvalue weighted by Gasteiger charge is 2.34. The van der Waals surface area contributed by atoms with Crippen LogP contribution in [0.25, 0.3) is 11.3 Å². The van der Waals surface area contributed by atoms with E-state index in [9.17, 15) is 18.0 Å². The summed E-state index contributed by atoms with van der Waals surface area (Å²) in [7, 11) is 0. The summed E-state index contributed by atoms with van der Waals surface area (Å²) in [6.45, 7) is 0. The maximum Gasteiger partial charge on any atom is 0.417 e. The first-order valence-corrected chi connectivity index (χ1v) is 4.60. The highest BCUT2D eigenvalue weighted by atomic mass is 19.4. The van der Waals surface area contributed by atoms with Crippen molar-refractivity contribution in [1.82, 2.24) is 5.16 Å². The maximum atomic E-state index is 12.7. The molecule has 1 heterocycles. The number of aldehydes is 1. The van der Waals surface area contributed by atoms with Crippen molar-refractivity contribution in [3.63, 3.8) is 0 Å². The number of benzene rings is 1. The molecule has 1 aromatic heterocycles. The summed E-state index contributed by atoms with van der Waals surface area (Å²) in [6.07, 6.45) is -3.03. The van der Waals surface area contributed by atoms with Gasteiger partial charge in [0.2, 0.25) is 0 Å². The molecule has 2 aromatic rings. The summed E-state index contributed by atoms with van der Waals surface area (Å²) in [5.74, 6) is -0.173. The third-order valence-corrected chi connectivity index (χ3v) is 2.20. The Hall–Kier alpha value is -2.11. The molecule has 0 N–H and O–H groups in total. The van der Waals surface area contributed by atoms with Crippen molar-refractivity contribution < 1.29 is 22.5 Å². The lowest BCUT2D eigenvalue weighted by Crippen LogP contribution is -2.07. The average molecular weight is 241 g/mol.